The Morgan fingerprint density at radius 2 is 2.21 bits per heavy atom. The van der Waals surface area contributed by atoms with E-state index in [1.165, 1.54) is 13.8 Å². The summed E-state index contributed by atoms with van der Waals surface area (Å²) in [7, 11) is 0. The van der Waals surface area contributed by atoms with Crippen LogP contribution in [0.2, 0.25) is 0 Å². The molecule has 1 aliphatic rings. The number of imidazole rings is 1. The summed E-state index contributed by atoms with van der Waals surface area (Å²) in [6.45, 7) is 4.93. The lowest BCUT2D eigenvalue weighted by Gasteiger charge is -2.26. The Hall–Kier alpha value is -2.65. The number of ether oxygens (including phenoxy) is 1. The quantitative estimate of drug-likeness (QED) is 0.651. The van der Waals surface area contributed by atoms with Crippen LogP contribution in [0.4, 0.5) is 11.4 Å². The van der Waals surface area contributed by atoms with Crippen LogP contribution in [0.1, 0.15) is 37.8 Å². The molecule has 0 aliphatic carbocycles. The number of carbonyl (C=O) groups excluding carboxylic acids is 2. The van der Waals surface area contributed by atoms with Crippen LogP contribution in [0.25, 0.3) is 11.0 Å². The van der Waals surface area contributed by atoms with Crippen LogP contribution in [0, 0.1) is 12.1 Å². The van der Waals surface area contributed by atoms with Crippen molar-refractivity contribution < 1.29 is 19.5 Å². The third kappa shape index (κ3) is 2.57. The number of benzene rings is 1. The number of nitrogens with one attached hydrogen (secondary N) is 1. The molecule has 9 nitrogen and oxygen atoms in total. The van der Waals surface area contributed by atoms with Crippen LogP contribution in [0.15, 0.2) is 6.07 Å². The van der Waals surface area contributed by atoms with E-state index in [1.54, 1.807) is 13.0 Å². The van der Waals surface area contributed by atoms with Gasteiger partial charge in [0.25, 0.3) is 0 Å². The van der Waals surface area contributed by atoms with Gasteiger partial charge in [-0.05, 0) is 18.6 Å². The summed E-state index contributed by atoms with van der Waals surface area (Å²) in [4.78, 5) is 27.0. The Labute approximate surface area is 137 Å². The average molecular weight is 333 g/mol. The second kappa shape index (κ2) is 5.77. The number of hydrogen-bond donors (Lipinski definition) is 2. The second-order valence-electron chi connectivity index (χ2n) is 5.75. The van der Waals surface area contributed by atoms with Crippen LogP contribution in [-0.2, 0) is 20.9 Å². The third-order valence-corrected chi connectivity index (χ3v) is 3.95. The maximum Gasteiger partial charge on any atom is 0.303 e. The molecule has 0 bridgehead atoms. The zero-order valence-electron chi connectivity index (χ0n) is 13.5. The van der Waals surface area contributed by atoms with Crippen LogP contribution >= 0.6 is 0 Å². The number of nitrogens with zero attached hydrogens (tertiary/aromatic N) is 3. The molecule has 0 radical (unpaired) electrons. The molecule has 1 aliphatic heterocycles. The summed E-state index contributed by atoms with van der Waals surface area (Å²) in [5.74, 6) is -0.267. The van der Waals surface area contributed by atoms with Crippen molar-refractivity contribution in [2.45, 2.75) is 39.8 Å². The summed E-state index contributed by atoms with van der Waals surface area (Å²) < 4.78 is 7.09. The minimum Gasteiger partial charge on any atom is -0.733 e. The zero-order valence-corrected chi connectivity index (χ0v) is 13.5. The zero-order chi connectivity index (χ0) is 17.6. The van der Waals surface area contributed by atoms with E-state index in [9.17, 15) is 20.0 Å². The Kier molecular flexibility index (Phi) is 3.90. The van der Waals surface area contributed by atoms with Gasteiger partial charge in [-0.15, -0.1) is 0 Å². The molecule has 2 N–H and O–H groups in total. The highest BCUT2D eigenvalue weighted by Crippen LogP contribution is 2.40. The number of hydrogen-bond acceptors (Lipinski definition) is 7. The number of carbonyl (C=O) groups is 2. The van der Waals surface area contributed by atoms with Gasteiger partial charge in [0.1, 0.15) is 11.2 Å². The number of anilines is 2. The summed E-state index contributed by atoms with van der Waals surface area (Å²) in [5, 5.41) is 23.5. The molecular weight excluding hydrogens is 316 g/mol. The molecule has 3 rings (SSSR count). The third-order valence-electron chi connectivity index (χ3n) is 3.95. The van der Waals surface area contributed by atoms with Gasteiger partial charge in [-0.3, -0.25) is 14.8 Å². The fraction of sp³-hybridized carbons (Fsp3) is 0.400. The van der Waals surface area contributed by atoms with E-state index in [1.807, 2.05) is 4.57 Å². The fourth-order valence-electron chi connectivity index (χ4n) is 3.07. The molecule has 2 heterocycles. The molecule has 2 aromatic rings. The molecular formula is C15H17N4O5-. The van der Waals surface area contributed by atoms with Crippen molar-refractivity contribution in [2.75, 3.05) is 10.5 Å². The van der Waals surface area contributed by atoms with Gasteiger partial charge >= 0.3 is 5.97 Å². The van der Waals surface area contributed by atoms with Crippen molar-refractivity contribution in [3.8, 4) is 0 Å². The van der Waals surface area contributed by atoms with Crippen molar-refractivity contribution >= 4 is 34.3 Å². The molecule has 1 amide bonds. The van der Waals surface area contributed by atoms with E-state index in [2.05, 4.69) is 10.3 Å². The predicted octanol–water partition coefficient (Wildman–Crippen LogP) is 2.00. The van der Waals surface area contributed by atoms with E-state index in [-0.39, 0.29) is 28.0 Å². The number of rotatable bonds is 3. The number of aromatic nitrogens is 2. The largest absolute Gasteiger partial charge is 0.733 e. The average Bonchev–Trinajstić information content (AvgIpc) is 2.99. The summed E-state index contributed by atoms with van der Waals surface area (Å²) in [6.07, 6.45) is 0.103. The fourth-order valence-corrected chi connectivity index (χ4v) is 3.07. The highest BCUT2D eigenvalue weighted by molar-refractivity contribution is 6.03. The van der Waals surface area contributed by atoms with Crippen molar-refractivity contribution in [1.29, 1.82) is 0 Å². The van der Waals surface area contributed by atoms with Crippen LogP contribution in [0.3, 0.4) is 0 Å². The SMILES string of the molecule is CC(=O)Nc1c(C)cc2c(nc3n2CCC3OC(C)=O)c1N([O-])O. The molecule has 0 saturated carbocycles. The van der Waals surface area contributed by atoms with Gasteiger partial charge in [0.2, 0.25) is 5.91 Å². The maximum absolute atomic E-state index is 11.7. The van der Waals surface area contributed by atoms with Gasteiger partial charge in [-0.2, -0.15) is 0 Å². The van der Waals surface area contributed by atoms with E-state index in [0.29, 0.717) is 29.9 Å². The van der Waals surface area contributed by atoms with Gasteiger partial charge in [-0.1, -0.05) is 0 Å². The van der Waals surface area contributed by atoms with Crippen molar-refractivity contribution in [2.24, 2.45) is 0 Å². The van der Waals surface area contributed by atoms with Gasteiger partial charge < -0.3 is 25.1 Å². The molecule has 1 atom stereocenters. The lowest BCUT2D eigenvalue weighted by Crippen LogP contribution is -2.15. The first-order valence-electron chi connectivity index (χ1n) is 7.44. The van der Waals surface area contributed by atoms with Crippen molar-refractivity contribution in [1.82, 2.24) is 9.55 Å². The molecule has 128 valence electrons. The van der Waals surface area contributed by atoms with E-state index in [0.717, 1.165) is 0 Å². The predicted molar refractivity (Wildman–Crippen MR) is 85.5 cm³/mol. The van der Waals surface area contributed by atoms with Crippen LogP contribution in [-0.4, -0.2) is 26.6 Å². The summed E-state index contributed by atoms with van der Waals surface area (Å²) in [5.41, 5.74) is 1.56. The van der Waals surface area contributed by atoms with E-state index in [4.69, 9.17) is 4.74 Å². The smallest absolute Gasteiger partial charge is 0.303 e. The molecule has 1 aromatic carbocycles. The van der Waals surface area contributed by atoms with Gasteiger partial charge in [0.15, 0.2) is 11.9 Å². The summed E-state index contributed by atoms with van der Waals surface area (Å²) in [6, 6.07) is 1.78. The highest BCUT2D eigenvalue weighted by Gasteiger charge is 2.31. The standard InChI is InChI=1S/C15H17N4O5/c1-7-6-10-13(14(19(22)23)12(7)16-8(2)20)17-15-11(24-9(3)21)4-5-18(10)15/h6,11,22H,4-5H2,1-3H3,(H,16,20)/q-1. The number of amides is 1. The molecule has 9 heteroatoms. The van der Waals surface area contributed by atoms with Gasteiger partial charge in [-0.25, -0.2) is 4.98 Å². The van der Waals surface area contributed by atoms with E-state index < -0.39 is 12.1 Å². The lowest BCUT2D eigenvalue weighted by molar-refractivity contribution is -0.146. The first-order chi connectivity index (χ1) is 11.3. The molecule has 1 unspecified atom stereocenters. The van der Waals surface area contributed by atoms with Gasteiger partial charge in [0, 0.05) is 26.8 Å². The Morgan fingerprint density at radius 3 is 2.79 bits per heavy atom. The summed E-state index contributed by atoms with van der Waals surface area (Å²) >= 11 is 0. The molecule has 0 fully saturated rings. The number of fused-ring (bicyclic) bond motifs is 3. The molecule has 0 spiro atoms. The number of esters is 1. The molecule has 24 heavy (non-hydrogen) atoms. The maximum atomic E-state index is 11.7. The van der Waals surface area contributed by atoms with E-state index >= 15 is 0 Å². The van der Waals surface area contributed by atoms with Crippen molar-refractivity contribution in [3.05, 3.63) is 22.7 Å². The highest BCUT2D eigenvalue weighted by atomic mass is 16.8. The molecule has 1 aromatic heterocycles. The first kappa shape index (κ1) is 16.2. The van der Waals surface area contributed by atoms with Crippen LogP contribution in [0.5, 0.6) is 0 Å². The lowest BCUT2D eigenvalue weighted by atomic mass is 10.1. The van der Waals surface area contributed by atoms with Crippen molar-refractivity contribution in [3.63, 3.8) is 0 Å². The Balaban J connectivity index is 2.22. The Bertz CT molecular complexity index is 842. The normalized spacial score (nSPS) is 16.1. The number of aryl methyl sites for hydroxylation is 2. The Morgan fingerprint density at radius 1 is 1.50 bits per heavy atom. The molecule has 0 saturated heterocycles. The minimum absolute atomic E-state index is 0.135. The van der Waals surface area contributed by atoms with Gasteiger partial charge in [0.05, 0.1) is 11.2 Å². The first-order valence-corrected chi connectivity index (χ1v) is 7.44. The topological polar surface area (TPSA) is 120 Å². The van der Waals surface area contributed by atoms with Crippen LogP contribution < -0.4 is 10.5 Å². The second-order valence-corrected chi connectivity index (χ2v) is 5.75. The minimum atomic E-state index is -0.494. The monoisotopic (exact) mass is 333 g/mol.